The van der Waals surface area contributed by atoms with Crippen LogP contribution < -0.4 is 16.4 Å². The van der Waals surface area contributed by atoms with Crippen LogP contribution in [-0.4, -0.2) is 6.03 Å². The maximum atomic E-state index is 12.9. The summed E-state index contributed by atoms with van der Waals surface area (Å²) in [4.78, 5) is 11.8. The molecule has 0 radical (unpaired) electrons. The van der Waals surface area contributed by atoms with Crippen molar-refractivity contribution in [2.45, 2.75) is 6.92 Å². The second kappa shape index (κ2) is 5.39. The van der Waals surface area contributed by atoms with E-state index in [1.165, 1.54) is 18.2 Å². The lowest BCUT2D eigenvalue weighted by Crippen LogP contribution is -2.20. The van der Waals surface area contributed by atoms with Crippen molar-refractivity contribution in [3.05, 3.63) is 53.8 Å². The third kappa shape index (κ3) is 3.45. The SMILES string of the molecule is Cc1cc(F)ccc1NC(=O)Nc1cccc(N)c1. The maximum absolute atomic E-state index is 12.9. The van der Waals surface area contributed by atoms with Crippen molar-refractivity contribution in [2.24, 2.45) is 0 Å². The molecule has 0 saturated carbocycles. The molecule has 2 rings (SSSR count). The molecule has 0 fully saturated rings. The van der Waals surface area contributed by atoms with Gasteiger partial charge in [0.1, 0.15) is 5.82 Å². The van der Waals surface area contributed by atoms with Gasteiger partial charge in [-0.3, -0.25) is 0 Å². The summed E-state index contributed by atoms with van der Waals surface area (Å²) in [5.41, 5.74) is 7.99. The molecule has 4 nitrogen and oxygen atoms in total. The molecule has 0 saturated heterocycles. The normalized spacial score (nSPS) is 10.0. The first-order chi connectivity index (χ1) is 9.04. The Balaban J connectivity index is 2.05. The minimum absolute atomic E-state index is 0.334. The molecule has 0 aromatic heterocycles. The number of amides is 2. The van der Waals surface area contributed by atoms with E-state index >= 15 is 0 Å². The van der Waals surface area contributed by atoms with Crippen molar-refractivity contribution in [3.8, 4) is 0 Å². The van der Waals surface area contributed by atoms with Crippen LogP contribution in [0.15, 0.2) is 42.5 Å². The zero-order valence-corrected chi connectivity index (χ0v) is 10.4. The van der Waals surface area contributed by atoms with Crippen LogP contribution in [0.3, 0.4) is 0 Å². The molecule has 0 unspecified atom stereocenters. The Bertz CT molecular complexity index is 613. The summed E-state index contributed by atoms with van der Waals surface area (Å²) < 4.78 is 12.9. The quantitative estimate of drug-likeness (QED) is 0.724. The van der Waals surface area contributed by atoms with Gasteiger partial charge >= 0.3 is 6.03 Å². The number of urea groups is 1. The number of carbonyl (C=O) groups is 1. The Morgan fingerprint density at radius 1 is 1.16 bits per heavy atom. The molecule has 98 valence electrons. The summed E-state index contributed by atoms with van der Waals surface area (Å²) in [6.07, 6.45) is 0. The lowest BCUT2D eigenvalue weighted by Gasteiger charge is -2.10. The Labute approximate surface area is 110 Å². The third-order valence-corrected chi connectivity index (χ3v) is 2.58. The van der Waals surface area contributed by atoms with Crippen LogP contribution in [-0.2, 0) is 0 Å². The fourth-order valence-electron chi connectivity index (χ4n) is 1.67. The summed E-state index contributed by atoms with van der Waals surface area (Å²) in [5.74, 6) is -0.334. The highest BCUT2D eigenvalue weighted by Crippen LogP contribution is 2.17. The van der Waals surface area contributed by atoms with E-state index in [1.807, 2.05) is 0 Å². The lowest BCUT2D eigenvalue weighted by molar-refractivity contribution is 0.262. The number of aryl methyl sites for hydroxylation is 1. The van der Waals surface area contributed by atoms with E-state index < -0.39 is 6.03 Å². The standard InChI is InChI=1S/C14H14FN3O/c1-9-7-10(15)5-6-13(9)18-14(19)17-12-4-2-3-11(16)8-12/h2-8H,16H2,1H3,(H2,17,18,19). The van der Waals surface area contributed by atoms with Gasteiger partial charge in [-0.05, 0) is 48.9 Å². The van der Waals surface area contributed by atoms with Crippen molar-refractivity contribution in [3.63, 3.8) is 0 Å². The summed E-state index contributed by atoms with van der Waals surface area (Å²) >= 11 is 0. The Morgan fingerprint density at radius 2 is 1.95 bits per heavy atom. The van der Waals surface area contributed by atoms with Crippen molar-refractivity contribution in [1.29, 1.82) is 0 Å². The molecular weight excluding hydrogens is 245 g/mol. The largest absolute Gasteiger partial charge is 0.399 e. The van der Waals surface area contributed by atoms with Gasteiger partial charge in [-0.25, -0.2) is 9.18 Å². The van der Waals surface area contributed by atoms with Gasteiger partial charge in [0.2, 0.25) is 0 Å². The van der Waals surface area contributed by atoms with Crippen LogP contribution in [0.1, 0.15) is 5.56 Å². The van der Waals surface area contributed by atoms with Crippen molar-refractivity contribution in [2.75, 3.05) is 16.4 Å². The molecule has 0 spiro atoms. The number of anilines is 3. The summed E-state index contributed by atoms with van der Waals surface area (Å²) in [7, 11) is 0. The fraction of sp³-hybridized carbons (Fsp3) is 0.0714. The van der Waals surface area contributed by atoms with Crippen LogP contribution in [0.5, 0.6) is 0 Å². The minimum Gasteiger partial charge on any atom is -0.399 e. The van der Waals surface area contributed by atoms with Gasteiger partial charge in [0.15, 0.2) is 0 Å². The lowest BCUT2D eigenvalue weighted by atomic mass is 10.2. The highest BCUT2D eigenvalue weighted by atomic mass is 19.1. The molecule has 2 amide bonds. The van der Waals surface area contributed by atoms with E-state index in [1.54, 1.807) is 31.2 Å². The Hall–Kier alpha value is -2.56. The van der Waals surface area contributed by atoms with E-state index in [2.05, 4.69) is 10.6 Å². The molecule has 0 atom stereocenters. The van der Waals surface area contributed by atoms with Crippen molar-refractivity contribution in [1.82, 2.24) is 0 Å². The molecule has 0 bridgehead atoms. The molecule has 0 aliphatic carbocycles. The molecule has 4 N–H and O–H groups in total. The first-order valence-corrected chi connectivity index (χ1v) is 5.74. The van der Waals surface area contributed by atoms with Crippen molar-refractivity contribution >= 4 is 23.1 Å². The molecule has 0 aliphatic heterocycles. The van der Waals surface area contributed by atoms with E-state index in [4.69, 9.17) is 5.73 Å². The topological polar surface area (TPSA) is 67.2 Å². The highest BCUT2D eigenvalue weighted by Gasteiger charge is 2.05. The minimum atomic E-state index is -0.402. The summed E-state index contributed by atoms with van der Waals surface area (Å²) in [6.45, 7) is 1.72. The van der Waals surface area contributed by atoms with Gasteiger partial charge in [-0.1, -0.05) is 6.07 Å². The smallest absolute Gasteiger partial charge is 0.323 e. The van der Waals surface area contributed by atoms with Crippen LogP contribution in [0.4, 0.5) is 26.2 Å². The number of hydrogen-bond acceptors (Lipinski definition) is 2. The summed E-state index contributed by atoms with van der Waals surface area (Å²) in [6, 6.07) is 10.6. The van der Waals surface area contributed by atoms with Crippen LogP contribution >= 0.6 is 0 Å². The van der Waals surface area contributed by atoms with Crippen LogP contribution in [0, 0.1) is 12.7 Å². The maximum Gasteiger partial charge on any atom is 0.323 e. The van der Waals surface area contributed by atoms with Gasteiger partial charge in [-0.15, -0.1) is 0 Å². The number of rotatable bonds is 2. The van der Waals surface area contributed by atoms with Gasteiger partial charge < -0.3 is 16.4 Å². The number of carbonyl (C=O) groups excluding carboxylic acids is 1. The van der Waals surface area contributed by atoms with E-state index in [-0.39, 0.29) is 5.82 Å². The second-order valence-corrected chi connectivity index (χ2v) is 4.16. The number of benzene rings is 2. The molecule has 5 heteroatoms. The highest BCUT2D eigenvalue weighted by molar-refractivity contribution is 6.00. The second-order valence-electron chi connectivity index (χ2n) is 4.16. The molecule has 0 aliphatic rings. The van der Waals surface area contributed by atoms with Crippen molar-refractivity contribution < 1.29 is 9.18 Å². The van der Waals surface area contributed by atoms with E-state index in [0.717, 1.165) is 0 Å². The van der Waals surface area contributed by atoms with Gasteiger partial charge in [0.25, 0.3) is 0 Å². The first kappa shape index (κ1) is 12.9. The Kier molecular flexibility index (Phi) is 3.66. The number of halogens is 1. The van der Waals surface area contributed by atoms with Gasteiger partial charge in [0, 0.05) is 17.1 Å². The zero-order chi connectivity index (χ0) is 13.8. The monoisotopic (exact) mass is 259 g/mol. The average Bonchev–Trinajstić information content (AvgIpc) is 2.33. The molecule has 2 aromatic rings. The summed E-state index contributed by atoms with van der Waals surface area (Å²) in [5, 5.41) is 5.30. The van der Waals surface area contributed by atoms with E-state index in [0.29, 0.717) is 22.6 Å². The molecule has 2 aromatic carbocycles. The molecular formula is C14H14FN3O. The van der Waals surface area contributed by atoms with E-state index in [9.17, 15) is 9.18 Å². The molecule has 0 heterocycles. The van der Waals surface area contributed by atoms with Gasteiger partial charge in [0.05, 0.1) is 0 Å². The number of nitrogens with two attached hydrogens (primary N) is 1. The number of nitrogen functional groups attached to an aromatic ring is 1. The predicted octanol–water partition coefficient (Wildman–Crippen LogP) is 3.36. The van der Waals surface area contributed by atoms with Gasteiger partial charge in [-0.2, -0.15) is 0 Å². The van der Waals surface area contributed by atoms with Crippen LogP contribution in [0.2, 0.25) is 0 Å². The number of nitrogens with one attached hydrogen (secondary N) is 2. The molecule has 19 heavy (non-hydrogen) atoms. The number of hydrogen-bond donors (Lipinski definition) is 3. The predicted molar refractivity (Wildman–Crippen MR) is 74.6 cm³/mol. The average molecular weight is 259 g/mol. The third-order valence-electron chi connectivity index (χ3n) is 2.58. The Morgan fingerprint density at radius 3 is 2.63 bits per heavy atom. The first-order valence-electron chi connectivity index (χ1n) is 5.74. The zero-order valence-electron chi connectivity index (χ0n) is 10.4. The van der Waals surface area contributed by atoms with Crippen LogP contribution in [0.25, 0.3) is 0 Å². The fourth-order valence-corrected chi connectivity index (χ4v) is 1.67.